The predicted octanol–water partition coefficient (Wildman–Crippen LogP) is 2.63. The summed E-state index contributed by atoms with van der Waals surface area (Å²) >= 11 is 0. The van der Waals surface area contributed by atoms with Gasteiger partial charge in [-0.15, -0.1) is 16.7 Å². The van der Waals surface area contributed by atoms with Gasteiger partial charge in [0.15, 0.2) is 0 Å². The van der Waals surface area contributed by atoms with Gasteiger partial charge in [-0.2, -0.15) is 29.8 Å². The van der Waals surface area contributed by atoms with E-state index in [0.717, 1.165) is 6.42 Å². The van der Waals surface area contributed by atoms with E-state index in [-0.39, 0.29) is 61.8 Å². The Bertz CT molecular complexity index is 1020. The van der Waals surface area contributed by atoms with Crippen molar-refractivity contribution in [3.63, 3.8) is 0 Å². The molecule has 2 aliphatic rings. The van der Waals surface area contributed by atoms with Crippen LogP contribution in [-0.2, 0) is 43.5 Å². The molecule has 0 fully saturated rings. The maximum Gasteiger partial charge on any atom is 4.00 e. The van der Waals surface area contributed by atoms with Crippen LogP contribution in [0.3, 0.4) is 0 Å². The van der Waals surface area contributed by atoms with Crippen LogP contribution in [0, 0.1) is 23.5 Å². The van der Waals surface area contributed by atoms with E-state index >= 15 is 0 Å². The van der Waals surface area contributed by atoms with E-state index in [1.807, 2.05) is 0 Å². The van der Waals surface area contributed by atoms with Gasteiger partial charge in [0, 0.05) is 0 Å². The van der Waals surface area contributed by atoms with E-state index in [0.29, 0.717) is 11.3 Å². The Morgan fingerprint density at radius 2 is 1.44 bits per heavy atom. The molecule has 3 heteroatoms. The Balaban J connectivity index is 0.000000721. The second-order valence-electron chi connectivity index (χ2n) is 12.3. The third-order valence-corrected chi connectivity index (χ3v) is 6.30. The summed E-state index contributed by atoms with van der Waals surface area (Å²) in [6, 6.07) is 14.8. The zero-order valence-corrected chi connectivity index (χ0v) is 26.6. The SMILES string of the molecule is CC(C)(C)c1ccc2c(c1)-c1c([c-]ccc1C(C)(C)C)C2.CC1[C-]=CC(C(C)(C)C)=C1.[Cl-].[Cl-].[Zr+4]. The summed E-state index contributed by atoms with van der Waals surface area (Å²) in [5.74, 6) is 0.522. The van der Waals surface area contributed by atoms with Gasteiger partial charge in [-0.3, -0.25) is 6.08 Å². The summed E-state index contributed by atoms with van der Waals surface area (Å²) in [6.45, 7) is 22.6. The van der Waals surface area contributed by atoms with Crippen molar-refractivity contribution in [3.8, 4) is 11.1 Å². The minimum atomic E-state index is 0. The number of fused-ring (bicyclic) bond motifs is 3. The first-order valence-electron chi connectivity index (χ1n) is 11.7. The van der Waals surface area contributed by atoms with Crippen LogP contribution in [0.25, 0.3) is 11.1 Å². The van der Waals surface area contributed by atoms with Gasteiger partial charge in [-0.25, -0.2) is 6.08 Å². The Morgan fingerprint density at radius 1 is 0.824 bits per heavy atom. The Hall–Kier alpha value is -0.617. The molecule has 0 aliphatic heterocycles. The molecule has 0 amide bonds. The van der Waals surface area contributed by atoms with Crippen LogP contribution in [0.2, 0.25) is 0 Å². The molecule has 2 aromatic rings. The van der Waals surface area contributed by atoms with Crippen LogP contribution in [0.4, 0.5) is 0 Å². The van der Waals surface area contributed by atoms with Crippen LogP contribution in [0.5, 0.6) is 0 Å². The molecule has 0 radical (unpaired) electrons. The molecule has 34 heavy (non-hydrogen) atoms. The average Bonchev–Trinajstić information content (AvgIpc) is 3.23. The molecule has 4 rings (SSSR count). The van der Waals surface area contributed by atoms with Crippen molar-refractivity contribution < 1.29 is 51.0 Å². The van der Waals surface area contributed by atoms with Gasteiger partial charge >= 0.3 is 26.2 Å². The van der Waals surface area contributed by atoms with E-state index in [4.69, 9.17) is 0 Å². The number of benzene rings is 2. The second-order valence-corrected chi connectivity index (χ2v) is 12.3. The Labute approximate surface area is 241 Å². The third kappa shape index (κ3) is 7.69. The van der Waals surface area contributed by atoms with Crippen molar-refractivity contribution in [2.24, 2.45) is 11.3 Å². The van der Waals surface area contributed by atoms with Crippen LogP contribution in [0.1, 0.15) is 91.5 Å². The fraction of sp³-hybridized carbons (Fsp3) is 0.484. The largest absolute Gasteiger partial charge is 4.00 e. The first-order valence-corrected chi connectivity index (χ1v) is 11.7. The number of allylic oxidation sites excluding steroid dienone is 4. The van der Waals surface area contributed by atoms with Gasteiger partial charge in [0.2, 0.25) is 0 Å². The molecule has 0 nitrogen and oxygen atoms in total. The van der Waals surface area contributed by atoms with Crippen molar-refractivity contribution in [1.82, 2.24) is 0 Å². The van der Waals surface area contributed by atoms with E-state index in [1.165, 1.54) is 39.0 Å². The first-order chi connectivity index (χ1) is 14.2. The smallest absolute Gasteiger partial charge is 1.00 e. The number of rotatable bonds is 0. The maximum atomic E-state index is 3.47. The molecule has 0 saturated carbocycles. The molecule has 1 unspecified atom stereocenters. The molecule has 2 aromatic carbocycles. The summed E-state index contributed by atoms with van der Waals surface area (Å²) in [4.78, 5) is 0. The van der Waals surface area contributed by atoms with Crippen LogP contribution in [0.15, 0.2) is 48.1 Å². The zero-order valence-electron chi connectivity index (χ0n) is 22.6. The molecule has 2 aliphatic carbocycles. The van der Waals surface area contributed by atoms with Gasteiger partial charge in [-0.1, -0.05) is 110 Å². The molecule has 0 heterocycles. The van der Waals surface area contributed by atoms with Gasteiger partial charge in [0.25, 0.3) is 0 Å². The van der Waals surface area contributed by atoms with Crippen molar-refractivity contribution in [3.05, 3.63) is 82.5 Å². The standard InChI is InChI=1S/C21H25.C10H15.2ClH.Zr/c1-20(2,3)16-11-10-14-12-15-8-7-9-18(21(4,5)6)19(15)17(14)13-16;1-8-5-6-9(7-8)10(2,3)4;;;/h7,9-11,13H,12H2,1-6H3;6-8H,1-4H3;2*1H;/q2*-1;;;+4/p-2. The summed E-state index contributed by atoms with van der Waals surface area (Å²) in [5, 5.41) is 0. The van der Waals surface area contributed by atoms with Gasteiger partial charge in [0.05, 0.1) is 0 Å². The minimum Gasteiger partial charge on any atom is -1.00 e. The molecule has 0 N–H and O–H groups in total. The molecular formula is C31H40Cl2Zr. The van der Waals surface area contributed by atoms with Gasteiger partial charge in [0.1, 0.15) is 0 Å². The fourth-order valence-electron chi connectivity index (χ4n) is 4.29. The molecule has 182 valence electrons. The zero-order chi connectivity index (χ0) is 23.2. The van der Waals surface area contributed by atoms with E-state index in [2.05, 4.69) is 124 Å². The molecule has 1 atom stereocenters. The molecule has 0 bridgehead atoms. The van der Waals surface area contributed by atoms with E-state index in [1.54, 1.807) is 0 Å². The van der Waals surface area contributed by atoms with Crippen molar-refractivity contribution in [2.45, 2.75) is 86.5 Å². The fourth-order valence-corrected chi connectivity index (χ4v) is 4.29. The van der Waals surface area contributed by atoms with Crippen LogP contribution in [-0.4, -0.2) is 0 Å². The topological polar surface area (TPSA) is 0 Å². The second kappa shape index (κ2) is 12.1. The van der Waals surface area contributed by atoms with Crippen molar-refractivity contribution >= 4 is 0 Å². The third-order valence-electron chi connectivity index (χ3n) is 6.30. The van der Waals surface area contributed by atoms with Crippen LogP contribution < -0.4 is 24.8 Å². The van der Waals surface area contributed by atoms with E-state index in [9.17, 15) is 0 Å². The molecule has 0 aromatic heterocycles. The Morgan fingerprint density at radius 3 is 1.88 bits per heavy atom. The minimum absolute atomic E-state index is 0. The summed E-state index contributed by atoms with van der Waals surface area (Å²) in [6.07, 6.45) is 8.68. The average molecular weight is 575 g/mol. The van der Waals surface area contributed by atoms with Crippen molar-refractivity contribution in [1.29, 1.82) is 0 Å². The predicted molar refractivity (Wildman–Crippen MR) is 135 cm³/mol. The van der Waals surface area contributed by atoms with Gasteiger partial charge < -0.3 is 24.8 Å². The molecular weight excluding hydrogens is 534 g/mol. The normalized spacial score (nSPS) is 16.1. The Kier molecular flexibility index (Phi) is 11.9. The number of hydrogen-bond acceptors (Lipinski definition) is 0. The van der Waals surface area contributed by atoms with Gasteiger partial charge in [-0.05, 0) is 22.8 Å². The summed E-state index contributed by atoms with van der Waals surface area (Å²) in [7, 11) is 0. The maximum absolute atomic E-state index is 3.47. The quantitative estimate of drug-likeness (QED) is 0.363. The molecule has 0 saturated heterocycles. The van der Waals surface area contributed by atoms with Crippen molar-refractivity contribution in [2.75, 3.05) is 0 Å². The number of hydrogen-bond donors (Lipinski definition) is 0. The summed E-state index contributed by atoms with van der Waals surface area (Å²) < 4.78 is 0. The monoisotopic (exact) mass is 572 g/mol. The first kappa shape index (κ1) is 33.4. The van der Waals surface area contributed by atoms with E-state index < -0.39 is 0 Å². The number of halogens is 2. The summed E-state index contributed by atoms with van der Waals surface area (Å²) in [5.41, 5.74) is 10.6. The van der Waals surface area contributed by atoms with Crippen LogP contribution >= 0.6 is 0 Å². The molecule has 0 spiro atoms.